The van der Waals surface area contributed by atoms with Crippen LogP contribution in [-0.4, -0.2) is 92.9 Å². The lowest BCUT2D eigenvalue weighted by Crippen LogP contribution is -2.53. The minimum Gasteiger partial charge on any atom is -0.487 e. The second-order valence-electron chi connectivity index (χ2n) is 11.1. The number of nitrogens with zero attached hydrogens (tertiary/aromatic N) is 5. The molecule has 2 saturated heterocycles. The van der Waals surface area contributed by atoms with E-state index in [0.717, 1.165) is 35.9 Å². The number of aliphatic imine (C=N–C) groups is 1. The van der Waals surface area contributed by atoms with E-state index in [4.69, 9.17) is 37.7 Å². The van der Waals surface area contributed by atoms with E-state index in [9.17, 15) is 14.5 Å². The molecule has 2 fully saturated rings. The average molecular weight is 674 g/mol. The summed E-state index contributed by atoms with van der Waals surface area (Å²) < 4.78 is 25.0. The fraction of sp³-hybridized carbons (Fsp3) is 0.424. The first-order chi connectivity index (χ1) is 22.3. The van der Waals surface area contributed by atoms with Crippen LogP contribution in [0.3, 0.4) is 0 Å². The number of halogens is 3. The van der Waals surface area contributed by atoms with Gasteiger partial charge in [-0.3, -0.25) is 20.0 Å². The Bertz CT molecular complexity index is 1500. The van der Waals surface area contributed by atoms with Crippen LogP contribution in [0.2, 0.25) is 10.0 Å². The Morgan fingerprint density at radius 2 is 1.78 bits per heavy atom. The largest absolute Gasteiger partial charge is 0.487 e. The highest BCUT2D eigenvalue weighted by Gasteiger charge is 2.26. The van der Waals surface area contributed by atoms with E-state index in [2.05, 4.69) is 20.0 Å². The molecule has 1 atom stereocenters. The van der Waals surface area contributed by atoms with Gasteiger partial charge >= 0.3 is 5.69 Å². The predicted octanol–water partition coefficient (Wildman–Crippen LogP) is 5.82. The number of nitro benzene ring substituents is 1. The number of nitrogens with one attached hydrogen (secondary N) is 1. The molecule has 5 rings (SSSR count). The van der Waals surface area contributed by atoms with Crippen molar-refractivity contribution >= 4 is 40.5 Å². The number of piperazine rings is 1. The zero-order chi connectivity index (χ0) is 32.5. The smallest absolute Gasteiger partial charge is 0.311 e. The van der Waals surface area contributed by atoms with Gasteiger partial charge in [-0.2, -0.15) is 0 Å². The number of ether oxygens (including phenoxy) is 2. The molecule has 0 spiro atoms. The number of rotatable bonds is 11. The van der Waals surface area contributed by atoms with Gasteiger partial charge in [-0.1, -0.05) is 41.4 Å². The van der Waals surface area contributed by atoms with Crippen LogP contribution < -0.4 is 15.0 Å². The average Bonchev–Trinajstić information content (AvgIpc) is 3.06. The third-order valence-corrected chi connectivity index (χ3v) is 8.82. The summed E-state index contributed by atoms with van der Waals surface area (Å²) in [5.41, 5.74) is 2.83. The molecule has 10 nitrogen and oxygen atoms in total. The Labute approximate surface area is 278 Å². The topological polar surface area (TPSA) is 95.7 Å². The second kappa shape index (κ2) is 16.3. The maximum atomic E-state index is 13.8. The van der Waals surface area contributed by atoms with Gasteiger partial charge in [0.25, 0.3) is 0 Å². The van der Waals surface area contributed by atoms with Crippen molar-refractivity contribution in [2.24, 2.45) is 4.99 Å². The summed E-state index contributed by atoms with van der Waals surface area (Å²) >= 11 is 12.5. The molecule has 2 aliphatic rings. The predicted molar refractivity (Wildman–Crippen MR) is 180 cm³/mol. The zero-order valence-electron chi connectivity index (χ0n) is 25.8. The van der Waals surface area contributed by atoms with Crippen LogP contribution in [0.1, 0.15) is 24.1 Å². The molecule has 1 N–H and O–H groups in total. The summed E-state index contributed by atoms with van der Waals surface area (Å²) in [7, 11) is 0. The maximum Gasteiger partial charge on any atom is 0.311 e. The second-order valence-corrected chi connectivity index (χ2v) is 12.0. The van der Waals surface area contributed by atoms with Crippen molar-refractivity contribution in [3.05, 3.63) is 97.8 Å². The lowest BCUT2D eigenvalue weighted by atomic mass is 10.0. The minimum atomic E-state index is -0.422. The number of hydrogen-bond acceptors (Lipinski definition) is 7. The normalized spacial score (nSPS) is 16.7. The first-order valence-corrected chi connectivity index (χ1v) is 16.3. The van der Waals surface area contributed by atoms with Gasteiger partial charge in [0.15, 0.2) is 11.7 Å². The standard InChI is InChI=1S/C33H39Cl2FN6O4/c1-2-46-32-22-28(9-10-30(32)42(43)44)39-13-15-41(16-14-39)33(37-12-11-24-3-6-26(34)21-29(24)35)38-23-31(40-17-19-45-20-18-40)25-4-7-27(36)8-5-25/h3-10,21-22,31H,2,11-20,23H2,1H3,(H,37,38). The molecule has 246 valence electrons. The summed E-state index contributed by atoms with van der Waals surface area (Å²) in [5, 5.41) is 16.3. The molecular weight excluding hydrogens is 634 g/mol. The van der Waals surface area contributed by atoms with Crippen LogP contribution in [0.5, 0.6) is 5.75 Å². The van der Waals surface area contributed by atoms with Crippen LogP contribution in [0.25, 0.3) is 0 Å². The van der Waals surface area contributed by atoms with Crippen molar-refractivity contribution in [2.75, 3.05) is 77.1 Å². The number of nitro groups is 1. The minimum absolute atomic E-state index is 0.0367. The van der Waals surface area contributed by atoms with Gasteiger partial charge in [0.2, 0.25) is 0 Å². The Morgan fingerprint density at radius 3 is 2.46 bits per heavy atom. The van der Waals surface area contributed by atoms with E-state index in [-0.39, 0.29) is 23.3 Å². The quantitative estimate of drug-likeness (QED) is 0.118. The van der Waals surface area contributed by atoms with E-state index in [0.29, 0.717) is 75.6 Å². The zero-order valence-corrected chi connectivity index (χ0v) is 27.4. The summed E-state index contributed by atoms with van der Waals surface area (Å²) in [5.74, 6) is 0.784. The van der Waals surface area contributed by atoms with Gasteiger partial charge in [-0.25, -0.2) is 4.39 Å². The van der Waals surface area contributed by atoms with Gasteiger partial charge in [0.05, 0.1) is 37.3 Å². The molecule has 2 heterocycles. The Balaban J connectivity index is 1.33. The van der Waals surface area contributed by atoms with Gasteiger partial charge in [-0.15, -0.1) is 0 Å². The summed E-state index contributed by atoms with van der Waals surface area (Å²) in [6.45, 7) is 8.83. The number of anilines is 1. The van der Waals surface area contributed by atoms with Crippen LogP contribution >= 0.6 is 23.2 Å². The molecule has 0 radical (unpaired) electrons. The van der Waals surface area contributed by atoms with Crippen LogP contribution in [0.4, 0.5) is 15.8 Å². The number of guanidine groups is 1. The van der Waals surface area contributed by atoms with Crippen molar-refractivity contribution in [3.8, 4) is 5.75 Å². The van der Waals surface area contributed by atoms with E-state index < -0.39 is 4.92 Å². The molecule has 0 bridgehead atoms. The molecule has 1 unspecified atom stereocenters. The summed E-state index contributed by atoms with van der Waals surface area (Å²) in [6.07, 6.45) is 0.683. The molecule has 2 aliphatic heterocycles. The van der Waals surface area contributed by atoms with Gasteiger partial charge in [0.1, 0.15) is 5.82 Å². The van der Waals surface area contributed by atoms with Crippen molar-refractivity contribution < 1.29 is 18.8 Å². The van der Waals surface area contributed by atoms with Crippen molar-refractivity contribution in [1.29, 1.82) is 0 Å². The number of benzene rings is 3. The van der Waals surface area contributed by atoms with Crippen LogP contribution in [-0.2, 0) is 11.2 Å². The fourth-order valence-corrected chi connectivity index (χ4v) is 6.28. The lowest BCUT2D eigenvalue weighted by molar-refractivity contribution is -0.385. The fourth-order valence-electron chi connectivity index (χ4n) is 5.78. The van der Waals surface area contributed by atoms with Crippen molar-refractivity contribution in [2.45, 2.75) is 19.4 Å². The third-order valence-electron chi connectivity index (χ3n) is 8.23. The van der Waals surface area contributed by atoms with Gasteiger partial charge < -0.3 is 24.6 Å². The first kappa shape index (κ1) is 33.7. The summed E-state index contributed by atoms with van der Waals surface area (Å²) in [6, 6.07) is 17.2. The van der Waals surface area contributed by atoms with Crippen molar-refractivity contribution in [1.82, 2.24) is 15.1 Å². The number of hydrogen-bond donors (Lipinski definition) is 1. The highest BCUT2D eigenvalue weighted by molar-refractivity contribution is 6.35. The lowest BCUT2D eigenvalue weighted by Gasteiger charge is -2.38. The van der Waals surface area contributed by atoms with Crippen LogP contribution in [0.15, 0.2) is 65.7 Å². The highest BCUT2D eigenvalue weighted by atomic mass is 35.5. The summed E-state index contributed by atoms with van der Waals surface area (Å²) in [4.78, 5) is 23.0. The Kier molecular flexibility index (Phi) is 11.9. The molecule has 0 aromatic heterocycles. The van der Waals surface area contributed by atoms with E-state index in [1.165, 1.54) is 18.2 Å². The molecule has 0 aliphatic carbocycles. The molecule has 13 heteroatoms. The molecule has 0 amide bonds. The highest BCUT2D eigenvalue weighted by Crippen LogP contribution is 2.32. The molecule has 46 heavy (non-hydrogen) atoms. The maximum absolute atomic E-state index is 13.8. The molecule has 3 aromatic rings. The van der Waals surface area contributed by atoms with E-state index in [1.807, 2.05) is 31.2 Å². The molecule has 3 aromatic carbocycles. The number of morpholine rings is 1. The SMILES string of the molecule is CCOc1cc(N2CCN(C(=NCC(c3ccc(F)cc3)N3CCOCC3)NCCc3ccc(Cl)cc3Cl)CC2)ccc1[N+](=O)[O-]. The van der Waals surface area contributed by atoms with Gasteiger partial charge in [0, 0.05) is 73.7 Å². The first-order valence-electron chi connectivity index (χ1n) is 15.5. The Morgan fingerprint density at radius 1 is 1.04 bits per heavy atom. The Hall–Kier alpha value is -3.64. The monoisotopic (exact) mass is 672 g/mol. The molecular formula is C33H39Cl2FN6O4. The molecule has 0 saturated carbocycles. The third kappa shape index (κ3) is 8.79. The van der Waals surface area contributed by atoms with Gasteiger partial charge in [-0.05, 0) is 54.8 Å². The van der Waals surface area contributed by atoms with E-state index >= 15 is 0 Å². The van der Waals surface area contributed by atoms with Crippen molar-refractivity contribution in [3.63, 3.8) is 0 Å². The van der Waals surface area contributed by atoms with Crippen LogP contribution in [0, 0.1) is 15.9 Å². The van der Waals surface area contributed by atoms with E-state index in [1.54, 1.807) is 18.2 Å².